The quantitative estimate of drug-likeness (QED) is 0.810. The molecule has 1 atom stereocenters. The number of ether oxygens (including phenoxy) is 1. The fraction of sp³-hybridized carbons (Fsp3) is 0.611. The Labute approximate surface area is 143 Å². The molecule has 0 spiro atoms. The van der Waals surface area contributed by atoms with Crippen molar-refractivity contribution >= 4 is 5.82 Å². The fourth-order valence-corrected chi connectivity index (χ4v) is 3.16. The summed E-state index contributed by atoms with van der Waals surface area (Å²) in [4.78, 5) is 11.4. The number of pyridine rings is 1. The van der Waals surface area contributed by atoms with Crippen LogP contribution >= 0.6 is 0 Å². The van der Waals surface area contributed by atoms with Crippen molar-refractivity contribution in [1.82, 2.24) is 15.1 Å². The third-order valence-electron chi connectivity index (χ3n) is 4.30. The van der Waals surface area contributed by atoms with E-state index in [1.165, 1.54) is 12.8 Å². The number of anilines is 1. The second-order valence-corrected chi connectivity index (χ2v) is 6.93. The second-order valence-electron chi connectivity index (χ2n) is 6.93. The van der Waals surface area contributed by atoms with Crippen LogP contribution in [0.2, 0.25) is 0 Å². The van der Waals surface area contributed by atoms with Crippen molar-refractivity contribution in [3.8, 4) is 11.5 Å². The van der Waals surface area contributed by atoms with E-state index in [-0.39, 0.29) is 0 Å². The molecule has 1 aliphatic heterocycles. The molecule has 6 heteroatoms. The molecule has 1 saturated heterocycles. The minimum absolute atomic E-state index is 0.509. The normalized spacial score (nSPS) is 18.3. The molecule has 1 unspecified atom stereocenters. The van der Waals surface area contributed by atoms with Gasteiger partial charge in [-0.1, -0.05) is 19.0 Å². The Morgan fingerprint density at radius 3 is 2.96 bits per heavy atom. The molecular formula is C18H26N4O2. The Morgan fingerprint density at radius 2 is 2.25 bits per heavy atom. The summed E-state index contributed by atoms with van der Waals surface area (Å²) in [6, 6.07) is 4.05. The maximum atomic E-state index is 5.35. The maximum absolute atomic E-state index is 5.35. The highest BCUT2D eigenvalue weighted by atomic mass is 16.5. The zero-order valence-corrected chi connectivity index (χ0v) is 14.7. The predicted molar refractivity (Wildman–Crippen MR) is 92.9 cm³/mol. The molecule has 24 heavy (non-hydrogen) atoms. The summed E-state index contributed by atoms with van der Waals surface area (Å²) < 4.78 is 10.7. The van der Waals surface area contributed by atoms with Gasteiger partial charge in [0.1, 0.15) is 5.82 Å². The summed E-state index contributed by atoms with van der Waals surface area (Å²) in [5.41, 5.74) is 0.867. The molecule has 2 aromatic rings. The van der Waals surface area contributed by atoms with Crippen LogP contribution < -0.4 is 4.90 Å². The van der Waals surface area contributed by atoms with Gasteiger partial charge in [0.2, 0.25) is 0 Å². The largest absolute Gasteiger partial charge is 0.384 e. The van der Waals surface area contributed by atoms with Gasteiger partial charge in [-0.3, -0.25) is 0 Å². The van der Waals surface area contributed by atoms with Gasteiger partial charge in [-0.2, -0.15) is 4.98 Å². The predicted octanol–water partition coefficient (Wildman–Crippen LogP) is 3.19. The smallest absolute Gasteiger partial charge is 0.259 e. The Balaban J connectivity index is 1.67. The lowest BCUT2D eigenvalue weighted by molar-refractivity contribution is 0.143. The molecule has 0 radical (unpaired) electrons. The van der Waals surface area contributed by atoms with Gasteiger partial charge in [-0.25, -0.2) is 4.98 Å². The first kappa shape index (κ1) is 16.9. The van der Waals surface area contributed by atoms with E-state index in [1.54, 1.807) is 7.11 Å². The van der Waals surface area contributed by atoms with E-state index in [0.717, 1.165) is 43.3 Å². The van der Waals surface area contributed by atoms with Crippen LogP contribution in [0.1, 0.15) is 32.5 Å². The van der Waals surface area contributed by atoms with E-state index >= 15 is 0 Å². The first-order valence-corrected chi connectivity index (χ1v) is 8.68. The van der Waals surface area contributed by atoms with Gasteiger partial charge in [0.25, 0.3) is 5.89 Å². The van der Waals surface area contributed by atoms with Crippen LogP contribution in [0.15, 0.2) is 22.9 Å². The maximum Gasteiger partial charge on any atom is 0.259 e. The topological polar surface area (TPSA) is 64.3 Å². The van der Waals surface area contributed by atoms with Crippen molar-refractivity contribution in [3.63, 3.8) is 0 Å². The highest BCUT2D eigenvalue weighted by Gasteiger charge is 2.21. The van der Waals surface area contributed by atoms with Crippen molar-refractivity contribution in [3.05, 3.63) is 24.2 Å². The number of hydrogen-bond donors (Lipinski definition) is 0. The summed E-state index contributed by atoms with van der Waals surface area (Å²) >= 11 is 0. The first-order chi connectivity index (χ1) is 11.7. The summed E-state index contributed by atoms with van der Waals surface area (Å²) in [5.74, 6) is 3.39. The molecule has 1 fully saturated rings. The van der Waals surface area contributed by atoms with Gasteiger partial charge < -0.3 is 14.2 Å². The number of piperidine rings is 1. The molecule has 1 aliphatic rings. The minimum Gasteiger partial charge on any atom is -0.384 e. The SMILES string of the molecule is COCC1CCCN(c2ccc(-c3nc(CC(C)C)no3)cn2)C1. The van der Waals surface area contributed by atoms with Crippen molar-refractivity contribution in [2.45, 2.75) is 33.1 Å². The standard InChI is InChI=1S/C18H26N4O2/c1-13(2)9-16-20-18(24-21-16)15-6-7-17(19-10-15)22-8-4-5-14(11-22)12-23-3/h6-7,10,13-14H,4-5,8-9,11-12H2,1-3H3. The highest BCUT2D eigenvalue weighted by molar-refractivity contribution is 5.54. The monoisotopic (exact) mass is 330 g/mol. The molecule has 6 nitrogen and oxygen atoms in total. The van der Waals surface area contributed by atoms with E-state index in [2.05, 4.69) is 33.9 Å². The lowest BCUT2D eigenvalue weighted by atomic mass is 9.99. The van der Waals surface area contributed by atoms with Crippen LogP contribution in [-0.4, -0.2) is 41.9 Å². The number of hydrogen-bond acceptors (Lipinski definition) is 6. The minimum atomic E-state index is 0.509. The van der Waals surface area contributed by atoms with E-state index < -0.39 is 0 Å². The van der Waals surface area contributed by atoms with Crippen LogP contribution in [0, 0.1) is 11.8 Å². The Bertz CT molecular complexity index is 637. The molecule has 0 bridgehead atoms. The summed E-state index contributed by atoms with van der Waals surface area (Å²) in [6.07, 6.45) is 5.05. The lowest BCUT2D eigenvalue weighted by Gasteiger charge is -2.33. The molecule has 0 aromatic carbocycles. The second kappa shape index (κ2) is 7.75. The molecule has 0 aliphatic carbocycles. The van der Waals surface area contributed by atoms with Gasteiger partial charge in [-0.05, 0) is 36.8 Å². The third-order valence-corrected chi connectivity index (χ3v) is 4.30. The van der Waals surface area contributed by atoms with Crippen LogP contribution in [0.25, 0.3) is 11.5 Å². The van der Waals surface area contributed by atoms with Crippen LogP contribution in [0.3, 0.4) is 0 Å². The van der Waals surface area contributed by atoms with Gasteiger partial charge in [0.05, 0.1) is 12.2 Å². The number of nitrogens with zero attached hydrogens (tertiary/aromatic N) is 4. The highest BCUT2D eigenvalue weighted by Crippen LogP contribution is 2.24. The Kier molecular flexibility index (Phi) is 5.45. The van der Waals surface area contributed by atoms with Crippen molar-refractivity contribution in [2.24, 2.45) is 11.8 Å². The molecule has 0 amide bonds. The molecule has 0 N–H and O–H groups in total. The zero-order chi connectivity index (χ0) is 16.9. The summed E-state index contributed by atoms with van der Waals surface area (Å²) in [5, 5.41) is 4.04. The average molecular weight is 330 g/mol. The van der Waals surface area contributed by atoms with Crippen LogP contribution in [0.4, 0.5) is 5.82 Å². The molecule has 3 rings (SSSR count). The third kappa shape index (κ3) is 4.12. The average Bonchev–Trinajstić information content (AvgIpc) is 3.03. The zero-order valence-electron chi connectivity index (χ0n) is 14.7. The molecular weight excluding hydrogens is 304 g/mol. The molecule has 2 aromatic heterocycles. The van der Waals surface area contributed by atoms with Crippen molar-refractivity contribution in [2.75, 3.05) is 31.7 Å². The molecule has 3 heterocycles. The van der Waals surface area contributed by atoms with E-state index in [4.69, 9.17) is 9.26 Å². The number of rotatable bonds is 6. The summed E-state index contributed by atoms with van der Waals surface area (Å²) in [6.45, 7) is 7.14. The molecule has 130 valence electrons. The Hall–Kier alpha value is -1.95. The van der Waals surface area contributed by atoms with Gasteiger partial charge in [0.15, 0.2) is 5.82 Å². The van der Waals surface area contributed by atoms with Gasteiger partial charge in [-0.15, -0.1) is 0 Å². The van der Waals surface area contributed by atoms with E-state index in [9.17, 15) is 0 Å². The first-order valence-electron chi connectivity index (χ1n) is 8.68. The van der Waals surface area contributed by atoms with Crippen molar-refractivity contribution < 1.29 is 9.26 Å². The van der Waals surface area contributed by atoms with Gasteiger partial charge >= 0.3 is 0 Å². The van der Waals surface area contributed by atoms with Crippen LogP contribution in [0.5, 0.6) is 0 Å². The van der Waals surface area contributed by atoms with Crippen molar-refractivity contribution in [1.29, 1.82) is 0 Å². The lowest BCUT2D eigenvalue weighted by Crippen LogP contribution is -2.37. The molecule has 0 saturated carbocycles. The van der Waals surface area contributed by atoms with E-state index in [0.29, 0.717) is 17.7 Å². The van der Waals surface area contributed by atoms with Gasteiger partial charge in [0, 0.05) is 32.8 Å². The number of methoxy groups -OCH3 is 1. The summed E-state index contributed by atoms with van der Waals surface area (Å²) in [7, 11) is 1.77. The van der Waals surface area contributed by atoms with E-state index in [1.807, 2.05) is 18.3 Å². The Morgan fingerprint density at radius 1 is 1.38 bits per heavy atom. The number of aromatic nitrogens is 3. The van der Waals surface area contributed by atoms with Crippen LogP contribution in [-0.2, 0) is 11.2 Å². The fourth-order valence-electron chi connectivity index (χ4n) is 3.16.